The van der Waals surface area contributed by atoms with Crippen LogP contribution >= 0.6 is 0 Å². The molecule has 0 bridgehead atoms. The van der Waals surface area contributed by atoms with E-state index in [0.29, 0.717) is 19.4 Å². The van der Waals surface area contributed by atoms with Crippen molar-refractivity contribution < 1.29 is 4.74 Å². The number of hydrogen-bond acceptors (Lipinski definition) is 6. The van der Waals surface area contributed by atoms with Gasteiger partial charge in [-0.3, -0.25) is 0 Å². The number of azo groups is 2. The van der Waals surface area contributed by atoms with E-state index in [1.807, 2.05) is 55.4 Å². The molecule has 0 aliphatic rings. The van der Waals surface area contributed by atoms with Gasteiger partial charge in [0.05, 0.1) is 17.1 Å². The van der Waals surface area contributed by atoms with Crippen molar-refractivity contribution in [2.75, 3.05) is 6.61 Å². The van der Waals surface area contributed by atoms with Crippen LogP contribution in [0.3, 0.4) is 0 Å². The molecule has 0 aromatic heterocycles. The molecule has 6 nitrogen and oxygen atoms in total. The molecule has 0 saturated carbocycles. The molecule has 0 aromatic rings. The number of ether oxygens (including phenoxy) is 1. The highest BCUT2D eigenvalue weighted by molar-refractivity contribution is 5.03. The lowest BCUT2D eigenvalue weighted by Crippen LogP contribution is -2.25. The summed E-state index contributed by atoms with van der Waals surface area (Å²) in [6, 6.07) is 2.24. The van der Waals surface area contributed by atoms with Crippen LogP contribution in [0.4, 0.5) is 0 Å². The summed E-state index contributed by atoms with van der Waals surface area (Å²) in [6.07, 6.45) is 1.30. The molecule has 1 unspecified atom stereocenters. The van der Waals surface area contributed by atoms with Crippen LogP contribution < -0.4 is 0 Å². The summed E-state index contributed by atoms with van der Waals surface area (Å²) in [5, 5.41) is 26.3. The number of nitriles is 1. The summed E-state index contributed by atoms with van der Waals surface area (Å²) < 4.78 is 5.77. The van der Waals surface area contributed by atoms with Gasteiger partial charge in [-0.2, -0.15) is 25.7 Å². The molecule has 0 radical (unpaired) electrons. The molecule has 0 fully saturated rings. The van der Waals surface area contributed by atoms with Crippen molar-refractivity contribution in [2.24, 2.45) is 20.5 Å². The fourth-order valence-corrected chi connectivity index (χ4v) is 1.43. The maximum absolute atomic E-state index is 9.34. The van der Waals surface area contributed by atoms with E-state index in [2.05, 4.69) is 26.5 Å². The van der Waals surface area contributed by atoms with Crippen LogP contribution in [-0.2, 0) is 4.74 Å². The van der Waals surface area contributed by atoms with Crippen molar-refractivity contribution in [1.29, 1.82) is 5.26 Å². The Labute approximate surface area is 141 Å². The highest BCUT2D eigenvalue weighted by Gasteiger charge is 2.25. The van der Waals surface area contributed by atoms with Crippen molar-refractivity contribution in [3.63, 3.8) is 0 Å². The average Bonchev–Trinajstić information content (AvgIpc) is 2.38. The molecule has 0 spiro atoms. The Morgan fingerprint density at radius 3 is 1.70 bits per heavy atom. The van der Waals surface area contributed by atoms with Gasteiger partial charge in [-0.15, -0.1) is 0 Å². The Morgan fingerprint density at radius 1 is 0.783 bits per heavy atom. The van der Waals surface area contributed by atoms with Crippen LogP contribution in [0.5, 0.6) is 0 Å². The molecule has 0 heterocycles. The van der Waals surface area contributed by atoms with Gasteiger partial charge in [0, 0.05) is 6.61 Å². The van der Waals surface area contributed by atoms with E-state index >= 15 is 0 Å². The summed E-state index contributed by atoms with van der Waals surface area (Å²) in [5.74, 6) is 0. The Morgan fingerprint density at radius 2 is 1.26 bits per heavy atom. The Balaban J connectivity index is 4.46. The second-order valence-corrected chi connectivity index (χ2v) is 8.53. The van der Waals surface area contributed by atoms with Crippen molar-refractivity contribution in [1.82, 2.24) is 0 Å². The van der Waals surface area contributed by atoms with E-state index in [4.69, 9.17) is 4.74 Å². The zero-order valence-corrected chi connectivity index (χ0v) is 16.3. The number of hydrogen-bond donors (Lipinski definition) is 0. The van der Waals surface area contributed by atoms with Crippen LogP contribution in [-0.4, -0.2) is 28.9 Å². The zero-order valence-electron chi connectivity index (χ0n) is 16.3. The Hall–Kier alpha value is -1.35. The minimum absolute atomic E-state index is 0.215. The first-order chi connectivity index (χ1) is 10.2. The first-order valence-corrected chi connectivity index (χ1v) is 8.11. The van der Waals surface area contributed by atoms with Crippen LogP contribution in [0.1, 0.15) is 75.2 Å². The fourth-order valence-electron chi connectivity index (χ4n) is 1.43. The molecule has 0 rings (SSSR count). The monoisotopic (exact) mass is 323 g/mol. The van der Waals surface area contributed by atoms with E-state index < -0.39 is 11.3 Å². The first kappa shape index (κ1) is 21.6. The van der Waals surface area contributed by atoms with E-state index in [9.17, 15) is 5.26 Å². The standard InChI is InChI=1S/C17H33N5O/c1-14(2,3)19-21-16(7,8)23-12-10-11-17(9,13-18)22-20-15(4,5)6/h10-12H2,1-9H3. The third-order valence-electron chi connectivity index (χ3n) is 2.67. The Kier molecular flexibility index (Phi) is 7.49. The lowest BCUT2D eigenvalue weighted by Gasteiger charge is -2.22. The lowest BCUT2D eigenvalue weighted by molar-refractivity contribution is -0.0202. The third-order valence-corrected chi connectivity index (χ3v) is 2.67. The summed E-state index contributed by atoms with van der Waals surface area (Å²) in [5.41, 5.74) is -1.96. The van der Waals surface area contributed by atoms with Gasteiger partial charge in [0.15, 0.2) is 11.3 Å². The maximum atomic E-state index is 9.34. The molecule has 132 valence electrons. The number of nitrogens with zero attached hydrogens (tertiary/aromatic N) is 5. The van der Waals surface area contributed by atoms with Gasteiger partial charge in [-0.05, 0) is 75.2 Å². The first-order valence-electron chi connectivity index (χ1n) is 8.11. The predicted octanol–water partition coefficient (Wildman–Crippen LogP) is 5.30. The maximum Gasteiger partial charge on any atom is 0.173 e. The van der Waals surface area contributed by atoms with Crippen LogP contribution in [0.2, 0.25) is 0 Å². The lowest BCUT2D eigenvalue weighted by atomic mass is 9.99. The summed E-state index contributed by atoms with van der Waals surface area (Å²) in [4.78, 5) is 0. The molecule has 0 aliphatic heterocycles. The van der Waals surface area contributed by atoms with Gasteiger partial charge in [0.2, 0.25) is 0 Å². The molecular formula is C17H33N5O. The molecular weight excluding hydrogens is 290 g/mol. The van der Waals surface area contributed by atoms with E-state index in [0.717, 1.165) is 0 Å². The SMILES string of the molecule is CC(C)(C)N=NC(C)(C#N)CCCOC(C)(C)N=NC(C)(C)C. The molecule has 0 aromatic carbocycles. The average molecular weight is 323 g/mol. The molecule has 23 heavy (non-hydrogen) atoms. The normalized spacial score (nSPS) is 16.7. The third kappa shape index (κ3) is 11.8. The largest absolute Gasteiger partial charge is 0.353 e. The van der Waals surface area contributed by atoms with E-state index in [1.54, 1.807) is 6.92 Å². The summed E-state index contributed by atoms with van der Waals surface area (Å²) >= 11 is 0. The van der Waals surface area contributed by atoms with Crippen molar-refractivity contribution in [3.05, 3.63) is 0 Å². The topological polar surface area (TPSA) is 82.5 Å². The van der Waals surface area contributed by atoms with E-state index in [1.165, 1.54) is 0 Å². The highest BCUT2D eigenvalue weighted by atomic mass is 16.5. The molecule has 6 heteroatoms. The van der Waals surface area contributed by atoms with Crippen molar-refractivity contribution in [2.45, 2.75) is 97.5 Å². The van der Waals surface area contributed by atoms with E-state index in [-0.39, 0.29) is 11.1 Å². The van der Waals surface area contributed by atoms with Gasteiger partial charge in [-0.25, -0.2) is 0 Å². The van der Waals surface area contributed by atoms with Gasteiger partial charge in [0.1, 0.15) is 0 Å². The van der Waals surface area contributed by atoms with Gasteiger partial charge < -0.3 is 4.74 Å². The molecule has 0 amide bonds. The summed E-state index contributed by atoms with van der Waals surface area (Å²) in [7, 11) is 0. The molecule has 0 aliphatic carbocycles. The van der Waals surface area contributed by atoms with Gasteiger partial charge >= 0.3 is 0 Å². The zero-order chi connectivity index (χ0) is 18.4. The second-order valence-electron chi connectivity index (χ2n) is 8.53. The van der Waals surface area contributed by atoms with Crippen molar-refractivity contribution in [3.8, 4) is 6.07 Å². The highest BCUT2D eigenvalue weighted by Crippen LogP contribution is 2.22. The minimum atomic E-state index is -0.812. The molecule has 0 N–H and O–H groups in total. The van der Waals surface area contributed by atoms with Gasteiger partial charge in [0.25, 0.3) is 0 Å². The Bertz CT molecular complexity index is 463. The molecule has 1 atom stereocenters. The smallest absolute Gasteiger partial charge is 0.173 e. The molecule has 0 saturated heterocycles. The minimum Gasteiger partial charge on any atom is -0.353 e. The fraction of sp³-hybridized carbons (Fsp3) is 0.941. The van der Waals surface area contributed by atoms with Crippen LogP contribution in [0, 0.1) is 11.3 Å². The predicted molar refractivity (Wildman–Crippen MR) is 92.5 cm³/mol. The van der Waals surface area contributed by atoms with Crippen LogP contribution in [0.25, 0.3) is 0 Å². The van der Waals surface area contributed by atoms with Gasteiger partial charge in [-0.1, -0.05) is 0 Å². The second kappa shape index (κ2) is 7.96. The van der Waals surface area contributed by atoms with Crippen LogP contribution in [0.15, 0.2) is 20.5 Å². The summed E-state index contributed by atoms with van der Waals surface area (Å²) in [6.45, 7) is 17.9. The number of rotatable bonds is 7. The quantitative estimate of drug-likeness (QED) is 0.470. The van der Waals surface area contributed by atoms with Crippen molar-refractivity contribution >= 4 is 0 Å².